The van der Waals surface area contributed by atoms with Crippen molar-refractivity contribution in [2.45, 2.75) is 6.42 Å². The lowest BCUT2D eigenvalue weighted by molar-refractivity contribution is -0.139. The van der Waals surface area contributed by atoms with Gasteiger partial charge in [0.2, 0.25) is 5.91 Å². The Kier molecular flexibility index (Phi) is 4.71. The van der Waals surface area contributed by atoms with Crippen LogP contribution in [0, 0.1) is 5.92 Å². The molecule has 1 saturated heterocycles. The van der Waals surface area contributed by atoms with Crippen molar-refractivity contribution in [3.8, 4) is 16.9 Å². The average molecular weight is 357 g/mol. The number of nitrogens with zero attached hydrogens (tertiary/aromatic N) is 1. The molecule has 1 aliphatic heterocycles. The maximum atomic E-state index is 12.7. The minimum absolute atomic E-state index is 0.0560. The number of para-hydroxylation sites is 2. The van der Waals surface area contributed by atoms with Crippen molar-refractivity contribution in [1.82, 2.24) is 0 Å². The Labute approximate surface area is 158 Å². The number of benzene rings is 3. The van der Waals surface area contributed by atoms with Crippen molar-refractivity contribution in [3.05, 3.63) is 84.9 Å². The van der Waals surface area contributed by atoms with Crippen molar-refractivity contribution in [1.29, 1.82) is 0 Å². The number of ether oxygens (including phenoxy) is 1. The fraction of sp³-hybridized carbons (Fsp3) is 0.130. The van der Waals surface area contributed by atoms with E-state index < -0.39 is 5.92 Å². The third-order valence-electron chi connectivity index (χ3n) is 4.71. The van der Waals surface area contributed by atoms with E-state index in [4.69, 9.17) is 4.74 Å². The minimum Gasteiger partial charge on any atom is -0.426 e. The van der Waals surface area contributed by atoms with Crippen LogP contribution in [0.25, 0.3) is 11.1 Å². The summed E-state index contributed by atoms with van der Waals surface area (Å²) in [5, 5.41) is 0. The van der Waals surface area contributed by atoms with Crippen LogP contribution >= 0.6 is 0 Å². The Morgan fingerprint density at radius 3 is 2.22 bits per heavy atom. The van der Waals surface area contributed by atoms with Gasteiger partial charge in [-0.3, -0.25) is 9.59 Å². The van der Waals surface area contributed by atoms with Crippen LogP contribution in [0.15, 0.2) is 84.9 Å². The maximum Gasteiger partial charge on any atom is 0.316 e. The third kappa shape index (κ3) is 3.60. The fourth-order valence-electron chi connectivity index (χ4n) is 3.33. The van der Waals surface area contributed by atoms with Gasteiger partial charge in [-0.2, -0.15) is 0 Å². The van der Waals surface area contributed by atoms with E-state index in [0.29, 0.717) is 12.3 Å². The first-order valence-electron chi connectivity index (χ1n) is 8.94. The molecule has 0 aromatic heterocycles. The van der Waals surface area contributed by atoms with Gasteiger partial charge in [-0.1, -0.05) is 66.7 Å². The molecule has 0 unspecified atom stereocenters. The van der Waals surface area contributed by atoms with Gasteiger partial charge in [0, 0.05) is 24.2 Å². The zero-order chi connectivity index (χ0) is 18.6. The molecule has 0 bridgehead atoms. The predicted molar refractivity (Wildman–Crippen MR) is 104 cm³/mol. The van der Waals surface area contributed by atoms with Crippen LogP contribution in [0.2, 0.25) is 0 Å². The molecule has 0 radical (unpaired) electrons. The molecule has 4 nitrogen and oxygen atoms in total. The number of esters is 1. The van der Waals surface area contributed by atoms with Gasteiger partial charge in [-0.15, -0.1) is 0 Å². The molecule has 4 rings (SSSR count). The van der Waals surface area contributed by atoms with Gasteiger partial charge >= 0.3 is 5.97 Å². The highest BCUT2D eigenvalue weighted by molar-refractivity contribution is 5.99. The number of carbonyl (C=O) groups excluding carboxylic acids is 2. The Bertz CT molecular complexity index is 954. The highest BCUT2D eigenvalue weighted by Gasteiger charge is 2.36. The van der Waals surface area contributed by atoms with Crippen molar-refractivity contribution in [3.63, 3.8) is 0 Å². The second-order valence-electron chi connectivity index (χ2n) is 6.52. The molecule has 3 aromatic carbocycles. The monoisotopic (exact) mass is 357 g/mol. The Morgan fingerprint density at radius 2 is 1.48 bits per heavy atom. The fourth-order valence-corrected chi connectivity index (χ4v) is 3.33. The van der Waals surface area contributed by atoms with E-state index in [1.807, 2.05) is 78.9 Å². The molecule has 1 heterocycles. The highest BCUT2D eigenvalue weighted by atomic mass is 16.5. The number of amides is 1. The first-order chi connectivity index (χ1) is 13.2. The molecule has 1 amide bonds. The van der Waals surface area contributed by atoms with Crippen molar-refractivity contribution in [2.75, 3.05) is 11.4 Å². The predicted octanol–water partition coefficient (Wildman–Crippen LogP) is 4.31. The topological polar surface area (TPSA) is 46.6 Å². The lowest BCUT2D eigenvalue weighted by Gasteiger charge is -2.16. The summed E-state index contributed by atoms with van der Waals surface area (Å²) >= 11 is 0. The van der Waals surface area contributed by atoms with Gasteiger partial charge in [0.1, 0.15) is 5.75 Å². The molecule has 27 heavy (non-hydrogen) atoms. The lowest BCUT2D eigenvalue weighted by Crippen LogP contribution is -2.27. The summed E-state index contributed by atoms with van der Waals surface area (Å²) in [6.07, 6.45) is 0.168. The highest BCUT2D eigenvalue weighted by Crippen LogP contribution is 2.31. The number of rotatable bonds is 4. The molecule has 1 fully saturated rings. The molecular weight excluding hydrogens is 338 g/mol. The van der Waals surface area contributed by atoms with E-state index in [2.05, 4.69) is 0 Å². The molecule has 0 aliphatic carbocycles. The lowest BCUT2D eigenvalue weighted by atomic mass is 10.0. The zero-order valence-corrected chi connectivity index (χ0v) is 14.7. The second-order valence-corrected chi connectivity index (χ2v) is 6.52. The van der Waals surface area contributed by atoms with Crippen molar-refractivity contribution in [2.24, 2.45) is 5.92 Å². The molecule has 0 N–H and O–H groups in total. The normalized spacial score (nSPS) is 16.4. The zero-order valence-electron chi connectivity index (χ0n) is 14.7. The number of hydrogen-bond acceptors (Lipinski definition) is 3. The van der Waals surface area contributed by atoms with Crippen LogP contribution in [0.3, 0.4) is 0 Å². The van der Waals surface area contributed by atoms with Crippen LogP contribution in [0.5, 0.6) is 5.75 Å². The summed E-state index contributed by atoms with van der Waals surface area (Å²) in [6, 6.07) is 26.6. The van der Waals surface area contributed by atoms with Crippen LogP contribution in [0.1, 0.15) is 6.42 Å². The standard InChI is InChI=1S/C23H19NO3/c25-22-15-18(16-24(22)19-11-5-2-6-12-19)23(26)27-21-14-8-7-13-20(21)17-9-3-1-4-10-17/h1-14,18H,15-16H2/t18-/m0/s1. The van der Waals surface area contributed by atoms with Crippen LogP contribution in [0.4, 0.5) is 5.69 Å². The molecule has 1 atom stereocenters. The Hall–Kier alpha value is -3.40. The molecule has 134 valence electrons. The summed E-state index contributed by atoms with van der Waals surface area (Å²) in [5.41, 5.74) is 2.65. The van der Waals surface area contributed by atoms with Crippen molar-refractivity contribution >= 4 is 17.6 Å². The van der Waals surface area contributed by atoms with Gasteiger partial charge in [0.25, 0.3) is 0 Å². The number of anilines is 1. The van der Waals surface area contributed by atoms with Gasteiger partial charge in [-0.25, -0.2) is 0 Å². The van der Waals surface area contributed by atoms with Crippen LogP contribution < -0.4 is 9.64 Å². The van der Waals surface area contributed by atoms with E-state index in [1.165, 1.54) is 0 Å². The van der Waals surface area contributed by atoms with Gasteiger partial charge in [0.05, 0.1) is 5.92 Å². The first kappa shape index (κ1) is 17.0. The van der Waals surface area contributed by atoms with Gasteiger partial charge < -0.3 is 9.64 Å². The maximum absolute atomic E-state index is 12.7. The summed E-state index contributed by atoms with van der Waals surface area (Å²) in [7, 11) is 0. The Balaban J connectivity index is 1.52. The Morgan fingerprint density at radius 1 is 0.852 bits per heavy atom. The minimum atomic E-state index is -0.471. The van der Waals surface area contributed by atoms with Crippen LogP contribution in [-0.4, -0.2) is 18.4 Å². The van der Waals surface area contributed by atoms with E-state index in [0.717, 1.165) is 16.8 Å². The van der Waals surface area contributed by atoms with Gasteiger partial charge in [-0.05, 0) is 23.8 Å². The summed E-state index contributed by atoms with van der Waals surface area (Å²) < 4.78 is 5.70. The molecular formula is C23H19NO3. The van der Waals surface area contributed by atoms with E-state index in [1.54, 1.807) is 11.0 Å². The van der Waals surface area contributed by atoms with Gasteiger partial charge in [0.15, 0.2) is 0 Å². The molecule has 3 aromatic rings. The number of carbonyl (C=O) groups is 2. The second kappa shape index (κ2) is 7.46. The SMILES string of the molecule is O=C(Oc1ccccc1-c1ccccc1)[C@H]1CC(=O)N(c2ccccc2)C1. The van der Waals surface area contributed by atoms with E-state index in [-0.39, 0.29) is 18.3 Å². The first-order valence-corrected chi connectivity index (χ1v) is 8.94. The van der Waals surface area contributed by atoms with Crippen molar-refractivity contribution < 1.29 is 14.3 Å². The quantitative estimate of drug-likeness (QED) is 0.516. The molecule has 0 spiro atoms. The summed E-state index contributed by atoms with van der Waals surface area (Å²) in [4.78, 5) is 26.7. The smallest absolute Gasteiger partial charge is 0.316 e. The third-order valence-corrected chi connectivity index (χ3v) is 4.71. The molecule has 1 aliphatic rings. The van der Waals surface area contributed by atoms with E-state index >= 15 is 0 Å². The van der Waals surface area contributed by atoms with Crippen LogP contribution in [-0.2, 0) is 9.59 Å². The molecule has 0 saturated carbocycles. The molecule has 4 heteroatoms. The average Bonchev–Trinajstić information content (AvgIpc) is 3.12. The number of hydrogen-bond donors (Lipinski definition) is 0. The summed E-state index contributed by atoms with van der Waals surface area (Å²) in [5.74, 6) is -0.384. The summed E-state index contributed by atoms with van der Waals surface area (Å²) in [6.45, 7) is 0.342. The largest absolute Gasteiger partial charge is 0.426 e. The van der Waals surface area contributed by atoms with E-state index in [9.17, 15) is 9.59 Å².